The number of nitrogens with zero attached hydrogens (tertiary/aromatic N) is 1. The van der Waals surface area contributed by atoms with Gasteiger partial charge in [0.2, 0.25) is 0 Å². The molecule has 4 N–H and O–H groups in total. The maximum Gasteiger partial charge on any atom is 0.262 e. The standard InChI is InChI=1S/C19H16ClFN4O3S.ClH/c20-13-9-16(19(23)26)18(22)25(11-13)10-12-8-14(21)6-7-17(12)29(27,28)24-15-4-2-1-3-5-15;/h1-9,11,22,24H,10H2,(H2,23,26);1H. The Kier molecular flexibility index (Phi) is 7.25. The molecule has 1 heterocycles. The Bertz CT molecular complexity index is 1250. The Morgan fingerprint density at radius 3 is 2.47 bits per heavy atom. The highest BCUT2D eigenvalue weighted by Gasteiger charge is 2.20. The Labute approximate surface area is 183 Å². The van der Waals surface area contributed by atoms with Crippen LogP contribution in [0.25, 0.3) is 0 Å². The number of pyridine rings is 1. The predicted octanol–water partition coefficient (Wildman–Crippen LogP) is 3.13. The highest BCUT2D eigenvalue weighted by atomic mass is 35.5. The average Bonchev–Trinajstić information content (AvgIpc) is 2.64. The molecule has 0 aliphatic rings. The third-order valence-electron chi connectivity index (χ3n) is 4.05. The van der Waals surface area contributed by atoms with Crippen molar-refractivity contribution in [3.8, 4) is 0 Å². The van der Waals surface area contributed by atoms with Crippen LogP contribution < -0.4 is 15.9 Å². The number of benzene rings is 2. The molecule has 0 atom stereocenters. The van der Waals surface area contributed by atoms with Crippen molar-refractivity contribution in [2.75, 3.05) is 4.72 Å². The summed E-state index contributed by atoms with van der Waals surface area (Å²) in [6.45, 7) is -0.220. The number of hydrogen-bond donors (Lipinski definition) is 3. The summed E-state index contributed by atoms with van der Waals surface area (Å²) >= 11 is 5.98. The van der Waals surface area contributed by atoms with Gasteiger partial charge < -0.3 is 10.3 Å². The number of para-hydroxylation sites is 1. The zero-order valence-electron chi connectivity index (χ0n) is 15.3. The van der Waals surface area contributed by atoms with Crippen LogP contribution in [-0.4, -0.2) is 18.9 Å². The molecule has 0 aliphatic heterocycles. The Morgan fingerprint density at radius 1 is 1.17 bits per heavy atom. The van der Waals surface area contributed by atoms with Gasteiger partial charge in [0.05, 0.1) is 22.0 Å². The fourth-order valence-corrected chi connectivity index (χ4v) is 4.26. The first-order valence-corrected chi connectivity index (χ1v) is 10.1. The first-order chi connectivity index (χ1) is 13.7. The molecule has 7 nitrogen and oxygen atoms in total. The minimum Gasteiger partial charge on any atom is -0.365 e. The molecule has 1 amide bonds. The van der Waals surface area contributed by atoms with Crippen molar-refractivity contribution >= 4 is 45.6 Å². The van der Waals surface area contributed by atoms with Crippen molar-refractivity contribution in [1.82, 2.24) is 4.57 Å². The molecular formula is C19H17Cl2FN4O3S. The summed E-state index contributed by atoms with van der Waals surface area (Å²) < 4.78 is 43.3. The number of sulfonamides is 1. The van der Waals surface area contributed by atoms with Crippen LogP contribution >= 0.6 is 24.0 Å². The maximum absolute atomic E-state index is 13.9. The second kappa shape index (κ2) is 9.29. The van der Waals surface area contributed by atoms with Crippen LogP contribution in [0.1, 0.15) is 15.9 Å². The van der Waals surface area contributed by atoms with E-state index in [9.17, 15) is 17.6 Å². The van der Waals surface area contributed by atoms with E-state index in [1.807, 2.05) is 0 Å². The lowest BCUT2D eigenvalue weighted by Crippen LogP contribution is -2.30. The number of carbonyl (C=O) groups excluding carboxylic acids is 1. The summed E-state index contributed by atoms with van der Waals surface area (Å²) in [6.07, 6.45) is 1.34. The smallest absolute Gasteiger partial charge is 0.262 e. The highest BCUT2D eigenvalue weighted by molar-refractivity contribution is 7.92. The van der Waals surface area contributed by atoms with Crippen molar-refractivity contribution in [3.05, 3.63) is 88.2 Å². The van der Waals surface area contributed by atoms with Gasteiger partial charge in [0.15, 0.2) is 0 Å². The summed E-state index contributed by atoms with van der Waals surface area (Å²) in [7, 11) is -4.05. The van der Waals surface area contributed by atoms with E-state index in [0.717, 1.165) is 18.2 Å². The topological polar surface area (TPSA) is 118 Å². The number of carbonyl (C=O) groups is 1. The van der Waals surface area contributed by atoms with Crippen molar-refractivity contribution in [1.29, 1.82) is 5.41 Å². The second-order valence-electron chi connectivity index (χ2n) is 6.14. The molecule has 0 spiro atoms. The van der Waals surface area contributed by atoms with Crippen molar-refractivity contribution in [3.63, 3.8) is 0 Å². The molecule has 0 radical (unpaired) electrons. The van der Waals surface area contributed by atoms with Gasteiger partial charge in [0, 0.05) is 11.9 Å². The van der Waals surface area contributed by atoms with Gasteiger partial charge in [0.1, 0.15) is 11.3 Å². The molecule has 0 fully saturated rings. The number of amides is 1. The van der Waals surface area contributed by atoms with Crippen LogP contribution in [0.2, 0.25) is 5.02 Å². The van der Waals surface area contributed by atoms with Crippen LogP contribution in [0.4, 0.5) is 10.1 Å². The average molecular weight is 471 g/mol. The summed E-state index contributed by atoms with van der Waals surface area (Å²) in [5, 5.41) is 8.25. The zero-order chi connectivity index (χ0) is 21.2. The fourth-order valence-electron chi connectivity index (χ4n) is 2.76. The van der Waals surface area contributed by atoms with E-state index in [2.05, 4.69) is 4.72 Å². The molecule has 2 aromatic carbocycles. The van der Waals surface area contributed by atoms with Gasteiger partial charge in [-0.25, -0.2) is 12.8 Å². The monoisotopic (exact) mass is 470 g/mol. The number of halogens is 3. The van der Waals surface area contributed by atoms with Crippen LogP contribution in [0, 0.1) is 11.2 Å². The molecule has 0 bridgehead atoms. The van der Waals surface area contributed by atoms with Gasteiger partial charge in [-0.05, 0) is 42.0 Å². The number of aromatic nitrogens is 1. The molecule has 0 saturated heterocycles. The molecule has 1 aromatic heterocycles. The number of primary amides is 1. The lowest BCUT2D eigenvalue weighted by Gasteiger charge is -2.15. The normalized spacial score (nSPS) is 10.9. The van der Waals surface area contributed by atoms with Gasteiger partial charge in [-0.15, -0.1) is 12.4 Å². The zero-order valence-corrected chi connectivity index (χ0v) is 17.7. The van der Waals surface area contributed by atoms with E-state index >= 15 is 0 Å². The number of hydrogen-bond acceptors (Lipinski definition) is 4. The van der Waals surface area contributed by atoms with Crippen molar-refractivity contribution in [2.24, 2.45) is 5.73 Å². The largest absolute Gasteiger partial charge is 0.365 e. The third kappa shape index (κ3) is 5.18. The lowest BCUT2D eigenvalue weighted by atomic mass is 10.2. The van der Waals surface area contributed by atoms with E-state index in [1.165, 1.54) is 16.8 Å². The number of nitrogens with two attached hydrogens (primary N) is 1. The molecular weight excluding hydrogens is 454 g/mol. The third-order valence-corrected chi connectivity index (χ3v) is 5.74. The maximum atomic E-state index is 13.9. The van der Waals surface area contributed by atoms with E-state index in [0.29, 0.717) is 5.69 Å². The van der Waals surface area contributed by atoms with Gasteiger partial charge in [-0.1, -0.05) is 29.8 Å². The molecule has 30 heavy (non-hydrogen) atoms. The van der Waals surface area contributed by atoms with Crippen LogP contribution in [0.3, 0.4) is 0 Å². The molecule has 0 saturated carbocycles. The highest BCUT2D eigenvalue weighted by Crippen LogP contribution is 2.22. The van der Waals surface area contributed by atoms with Gasteiger partial charge in [-0.2, -0.15) is 0 Å². The SMILES string of the molecule is Cl.N=c1c(C(N)=O)cc(Cl)cn1Cc1cc(F)ccc1S(=O)(=O)Nc1ccccc1. The summed E-state index contributed by atoms with van der Waals surface area (Å²) in [5.74, 6) is -1.51. The Balaban J connectivity index is 0.00000320. The van der Waals surface area contributed by atoms with Gasteiger partial charge >= 0.3 is 0 Å². The Hall–Kier alpha value is -2.88. The summed E-state index contributed by atoms with van der Waals surface area (Å²) in [6, 6.07) is 12.7. The van der Waals surface area contributed by atoms with Crippen LogP contribution in [-0.2, 0) is 16.6 Å². The first-order valence-electron chi connectivity index (χ1n) is 8.28. The lowest BCUT2D eigenvalue weighted by molar-refractivity contribution is 0.0997. The van der Waals surface area contributed by atoms with E-state index in [-0.39, 0.29) is 45.5 Å². The molecule has 3 aromatic rings. The van der Waals surface area contributed by atoms with Crippen LogP contribution in [0.5, 0.6) is 0 Å². The molecule has 11 heteroatoms. The number of rotatable bonds is 6. The van der Waals surface area contributed by atoms with Crippen molar-refractivity contribution < 1.29 is 17.6 Å². The van der Waals surface area contributed by atoms with Crippen LogP contribution in [0.15, 0.2) is 65.7 Å². The number of nitrogens with one attached hydrogen (secondary N) is 2. The van der Waals surface area contributed by atoms with E-state index in [4.69, 9.17) is 22.7 Å². The summed E-state index contributed by atoms with van der Waals surface area (Å²) in [4.78, 5) is 11.4. The molecule has 3 rings (SSSR count). The molecule has 0 aliphatic carbocycles. The van der Waals surface area contributed by atoms with E-state index in [1.54, 1.807) is 30.3 Å². The minimum atomic E-state index is -4.05. The molecule has 0 unspecified atom stereocenters. The predicted molar refractivity (Wildman–Crippen MR) is 114 cm³/mol. The van der Waals surface area contributed by atoms with Gasteiger partial charge in [0.25, 0.3) is 15.9 Å². The van der Waals surface area contributed by atoms with E-state index < -0.39 is 21.7 Å². The Morgan fingerprint density at radius 2 is 1.83 bits per heavy atom. The first kappa shape index (κ1) is 23.4. The minimum absolute atomic E-state index is 0. The molecule has 158 valence electrons. The fraction of sp³-hybridized carbons (Fsp3) is 0.0526. The quantitative estimate of drug-likeness (QED) is 0.513. The second-order valence-corrected chi connectivity index (χ2v) is 8.22. The van der Waals surface area contributed by atoms with Gasteiger partial charge in [-0.3, -0.25) is 14.9 Å². The number of anilines is 1. The summed E-state index contributed by atoms with van der Waals surface area (Å²) in [5.41, 5.74) is 5.26. The van der Waals surface area contributed by atoms with Crippen molar-refractivity contribution in [2.45, 2.75) is 11.4 Å².